The maximum absolute atomic E-state index is 12.2. The molecule has 0 spiro atoms. The number of amides is 2. The van der Waals surface area contributed by atoms with Crippen LogP contribution in [0.5, 0.6) is 0 Å². The number of thiophene rings is 1. The standard InChI is InChI=1S/C16H13N3O2S2/c1-17-14(20)10-2-4-12(5-3-10)18-15(21)13-9-23-16(19-13)11-6-7-22-8-11/h2-9H,1H3,(H,17,20)(H,18,21). The molecule has 3 rings (SSSR count). The topological polar surface area (TPSA) is 71.1 Å². The summed E-state index contributed by atoms with van der Waals surface area (Å²) in [7, 11) is 1.57. The Bertz CT molecular complexity index is 823. The second-order valence-corrected chi connectivity index (χ2v) is 6.30. The Labute approximate surface area is 141 Å². The first kappa shape index (κ1) is 15.4. The number of aromatic nitrogens is 1. The molecule has 0 saturated heterocycles. The summed E-state index contributed by atoms with van der Waals surface area (Å²) in [5.74, 6) is -0.432. The Morgan fingerprint density at radius 3 is 2.48 bits per heavy atom. The number of hydrogen-bond donors (Lipinski definition) is 2. The van der Waals surface area contributed by atoms with Crippen molar-refractivity contribution < 1.29 is 9.59 Å². The number of nitrogens with zero attached hydrogens (tertiary/aromatic N) is 1. The van der Waals surface area contributed by atoms with Gasteiger partial charge in [0.2, 0.25) is 0 Å². The molecule has 2 aromatic heterocycles. The van der Waals surface area contributed by atoms with Gasteiger partial charge in [-0.3, -0.25) is 9.59 Å². The van der Waals surface area contributed by atoms with Crippen LogP contribution in [0.15, 0.2) is 46.5 Å². The highest BCUT2D eigenvalue weighted by molar-refractivity contribution is 7.14. The molecule has 0 bridgehead atoms. The third kappa shape index (κ3) is 3.46. The number of nitrogens with one attached hydrogen (secondary N) is 2. The Balaban J connectivity index is 1.71. The van der Waals surface area contributed by atoms with Gasteiger partial charge in [0, 0.05) is 34.6 Å². The number of rotatable bonds is 4. The Hall–Kier alpha value is -2.51. The molecule has 0 fully saturated rings. The fourth-order valence-corrected chi connectivity index (χ4v) is 3.45. The zero-order chi connectivity index (χ0) is 16.2. The molecular weight excluding hydrogens is 330 g/mol. The molecule has 116 valence electrons. The third-order valence-corrected chi connectivity index (χ3v) is 4.71. The number of carbonyl (C=O) groups is 2. The van der Waals surface area contributed by atoms with Gasteiger partial charge in [-0.15, -0.1) is 11.3 Å². The van der Waals surface area contributed by atoms with E-state index in [0.29, 0.717) is 16.9 Å². The molecule has 0 aliphatic heterocycles. The van der Waals surface area contributed by atoms with E-state index in [0.717, 1.165) is 10.6 Å². The summed E-state index contributed by atoms with van der Waals surface area (Å²) in [6, 6.07) is 8.67. The van der Waals surface area contributed by atoms with Gasteiger partial charge in [-0.1, -0.05) is 0 Å². The number of hydrogen-bond acceptors (Lipinski definition) is 5. The maximum Gasteiger partial charge on any atom is 0.275 e. The van der Waals surface area contributed by atoms with E-state index in [1.165, 1.54) is 11.3 Å². The Morgan fingerprint density at radius 1 is 1.04 bits per heavy atom. The Kier molecular flexibility index (Phi) is 4.50. The van der Waals surface area contributed by atoms with Gasteiger partial charge in [0.25, 0.3) is 11.8 Å². The van der Waals surface area contributed by atoms with Crippen molar-refractivity contribution in [2.24, 2.45) is 0 Å². The van der Waals surface area contributed by atoms with Gasteiger partial charge in [0.15, 0.2) is 0 Å². The van der Waals surface area contributed by atoms with E-state index in [2.05, 4.69) is 15.6 Å². The molecule has 5 nitrogen and oxygen atoms in total. The van der Waals surface area contributed by atoms with Crippen molar-refractivity contribution in [3.63, 3.8) is 0 Å². The minimum absolute atomic E-state index is 0.164. The SMILES string of the molecule is CNC(=O)c1ccc(NC(=O)c2csc(-c3ccsc3)n2)cc1. The maximum atomic E-state index is 12.2. The summed E-state index contributed by atoms with van der Waals surface area (Å²) in [4.78, 5) is 28.1. The highest BCUT2D eigenvalue weighted by Gasteiger charge is 2.12. The minimum Gasteiger partial charge on any atom is -0.355 e. The molecule has 2 amide bonds. The van der Waals surface area contributed by atoms with Gasteiger partial charge in [0.1, 0.15) is 10.7 Å². The van der Waals surface area contributed by atoms with E-state index >= 15 is 0 Å². The number of thiazole rings is 1. The first-order valence-corrected chi connectivity index (χ1v) is 8.61. The molecule has 23 heavy (non-hydrogen) atoms. The molecule has 0 saturated carbocycles. The van der Waals surface area contributed by atoms with E-state index in [1.54, 1.807) is 48.0 Å². The smallest absolute Gasteiger partial charge is 0.275 e. The lowest BCUT2D eigenvalue weighted by Gasteiger charge is -2.04. The van der Waals surface area contributed by atoms with Crippen LogP contribution in [0.2, 0.25) is 0 Å². The van der Waals surface area contributed by atoms with Gasteiger partial charge < -0.3 is 10.6 Å². The molecule has 2 heterocycles. The first-order chi connectivity index (χ1) is 11.2. The van der Waals surface area contributed by atoms with Gasteiger partial charge in [-0.05, 0) is 35.7 Å². The van der Waals surface area contributed by atoms with Crippen LogP contribution in [-0.2, 0) is 0 Å². The summed E-state index contributed by atoms with van der Waals surface area (Å²) < 4.78 is 0. The summed E-state index contributed by atoms with van der Waals surface area (Å²) >= 11 is 3.03. The summed E-state index contributed by atoms with van der Waals surface area (Å²) in [6.07, 6.45) is 0. The van der Waals surface area contributed by atoms with E-state index in [-0.39, 0.29) is 11.8 Å². The molecule has 3 aromatic rings. The molecule has 0 aliphatic rings. The zero-order valence-electron chi connectivity index (χ0n) is 12.2. The predicted octanol–water partition coefficient (Wildman–Crippen LogP) is 3.48. The van der Waals surface area contributed by atoms with Gasteiger partial charge >= 0.3 is 0 Å². The van der Waals surface area contributed by atoms with Crippen molar-refractivity contribution in [1.29, 1.82) is 0 Å². The molecule has 0 aliphatic carbocycles. The van der Waals surface area contributed by atoms with Crippen LogP contribution >= 0.6 is 22.7 Å². The lowest BCUT2D eigenvalue weighted by molar-refractivity contribution is 0.0962. The second-order valence-electron chi connectivity index (χ2n) is 4.66. The number of benzene rings is 1. The third-order valence-electron chi connectivity index (χ3n) is 3.14. The van der Waals surface area contributed by atoms with Crippen LogP contribution < -0.4 is 10.6 Å². The van der Waals surface area contributed by atoms with Crippen molar-refractivity contribution >= 4 is 40.2 Å². The van der Waals surface area contributed by atoms with Crippen LogP contribution in [0.3, 0.4) is 0 Å². The molecule has 0 unspecified atom stereocenters. The second kappa shape index (κ2) is 6.72. The van der Waals surface area contributed by atoms with Gasteiger partial charge in [0.05, 0.1) is 0 Å². The molecule has 2 N–H and O–H groups in total. The molecule has 0 radical (unpaired) electrons. The van der Waals surface area contributed by atoms with Gasteiger partial charge in [-0.25, -0.2) is 4.98 Å². The normalized spacial score (nSPS) is 10.3. The van der Waals surface area contributed by atoms with Crippen molar-refractivity contribution in [3.8, 4) is 10.6 Å². The van der Waals surface area contributed by atoms with E-state index in [9.17, 15) is 9.59 Å². The average molecular weight is 343 g/mol. The zero-order valence-corrected chi connectivity index (χ0v) is 13.8. The minimum atomic E-state index is -0.268. The van der Waals surface area contributed by atoms with E-state index < -0.39 is 0 Å². The van der Waals surface area contributed by atoms with E-state index in [1.807, 2.05) is 16.8 Å². The lowest BCUT2D eigenvalue weighted by Crippen LogP contribution is -2.18. The Morgan fingerprint density at radius 2 is 1.83 bits per heavy atom. The van der Waals surface area contributed by atoms with Crippen LogP contribution in [-0.4, -0.2) is 23.8 Å². The van der Waals surface area contributed by atoms with Crippen LogP contribution in [0.25, 0.3) is 10.6 Å². The predicted molar refractivity (Wildman–Crippen MR) is 93.2 cm³/mol. The fraction of sp³-hybridized carbons (Fsp3) is 0.0625. The van der Waals surface area contributed by atoms with Gasteiger partial charge in [-0.2, -0.15) is 11.3 Å². The average Bonchev–Trinajstić information content (AvgIpc) is 3.25. The highest BCUT2D eigenvalue weighted by Crippen LogP contribution is 2.26. The van der Waals surface area contributed by atoms with E-state index in [4.69, 9.17) is 0 Å². The largest absolute Gasteiger partial charge is 0.355 e. The van der Waals surface area contributed by atoms with Crippen molar-refractivity contribution in [3.05, 3.63) is 57.7 Å². The van der Waals surface area contributed by atoms with Crippen LogP contribution in [0, 0.1) is 0 Å². The molecular formula is C16H13N3O2S2. The van der Waals surface area contributed by atoms with Crippen molar-refractivity contribution in [1.82, 2.24) is 10.3 Å². The summed E-state index contributed by atoms with van der Waals surface area (Å²) in [6.45, 7) is 0. The highest BCUT2D eigenvalue weighted by atomic mass is 32.1. The van der Waals surface area contributed by atoms with Crippen molar-refractivity contribution in [2.45, 2.75) is 0 Å². The summed E-state index contributed by atoms with van der Waals surface area (Å²) in [5.41, 5.74) is 2.56. The summed E-state index contributed by atoms with van der Waals surface area (Å²) in [5, 5.41) is 11.9. The fourth-order valence-electron chi connectivity index (χ4n) is 1.94. The quantitative estimate of drug-likeness (QED) is 0.762. The monoisotopic (exact) mass is 343 g/mol. The molecule has 0 atom stereocenters. The van der Waals surface area contributed by atoms with Crippen LogP contribution in [0.4, 0.5) is 5.69 Å². The first-order valence-electron chi connectivity index (χ1n) is 6.79. The molecule has 7 heteroatoms. The number of anilines is 1. The van der Waals surface area contributed by atoms with Crippen LogP contribution in [0.1, 0.15) is 20.8 Å². The lowest BCUT2D eigenvalue weighted by atomic mass is 10.2. The molecule has 1 aromatic carbocycles. The number of carbonyl (C=O) groups excluding carboxylic acids is 2. The van der Waals surface area contributed by atoms with Crippen molar-refractivity contribution in [2.75, 3.05) is 12.4 Å².